The molecule has 2 nitrogen and oxygen atoms in total. The van der Waals surface area contributed by atoms with Crippen molar-refractivity contribution in [2.75, 3.05) is 18.0 Å². The van der Waals surface area contributed by atoms with Crippen LogP contribution in [-0.2, 0) is 0 Å². The highest BCUT2D eigenvalue weighted by Crippen LogP contribution is 2.23. The normalized spacial score (nSPS) is 17.1. The maximum atomic E-state index is 6.12. The first-order valence-electron chi connectivity index (χ1n) is 6.52. The van der Waals surface area contributed by atoms with Crippen molar-refractivity contribution in [3.63, 3.8) is 0 Å². The molecule has 0 unspecified atom stereocenters. The van der Waals surface area contributed by atoms with Crippen LogP contribution in [0.4, 0.5) is 5.69 Å². The van der Waals surface area contributed by atoms with Crippen molar-refractivity contribution in [1.29, 1.82) is 0 Å². The Kier molecular flexibility index (Phi) is 4.21. The Bertz CT molecular complexity index is 350. The Morgan fingerprint density at radius 1 is 1.24 bits per heavy atom. The van der Waals surface area contributed by atoms with E-state index in [1.807, 2.05) is 6.08 Å². The van der Waals surface area contributed by atoms with Crippen LogP contribution in [0, 0.1) is 0 Å². The van der Waals surface area contributed by atoms with E-state index in [0.29, 0.717) is 0 Å². The molecule has 92 valence electrons. The lowest BCUT2D eigenvalue weighted by molar-refractivity contribution is 0.661. The molecular formula is C15H22N2. The van der Waals surface area contributed by atoms with Crippen molar-refractivity contribution in [1.82, 2.24) is 0 Å². The fourth-order valence-electron chi connectivity index (χ4n) is 2.37. The highest BCUT2D eigenvalue weighted by molar-refractivity contribution is 5.48. The highest BCUT2D eigenvalue weighted by Gasteiger charge is 2.12. The van der Waals surface area contributed by atoms with Crippen molar-refractivity contribution in [3.05, 3.63) is 42.5 Å². The smallest absolute Gasteiger partial charge is 0.0366 e. The zero-order chi connectivity index (χ0) is 12.1. The molecule has 0 amide bonds. The molecule has 1 saturated heterocycles. The van der Waals surface area contributed by atoms with Gasteiger partial charge < -0.3 is 10.6 Å². The van der Waals surface area contributed by atoms with Crippen LogP contribution in [0.15, 0.2) is 36.9 Å². The first-order valence-corrected chi connectivity index (χ1v) is 6.52. The second kappa shape index (κ2) is 5.87. The quantitative estimate of drug-likeness (QED) is 0.787. The Hall–Kier alpha value is -1.28. The Labute approximate surface area is 104 Å². The van der Waals surface area contributed by atoms with Gasteiger partial charge in [-0.05, 0) is 43.4 Å². The van der Waals surface area contributed by atoms with Gasteiger partial charge in [0.2, 0.25) is 0 Å². The predicted octanol–water partition coefficient (Wildman–Crippen LogP) is 3.25. The van der Waals surface area contributed by atoms with Gasteiger partial charge >= 0.3 is 0 Å². The molecule has 2 heteroatoms. The van der Waals surface area contributed by atoms with Gasteiger partial charge in [0.25, 0.3) is 0 Å². The number of nitrogens with zero attached hydrogens (tertiary/aromatic N) is 1. The van der Waals surface area contributed by atoms with Crippen LogP contribution >= 0.6 is 0 Å². The third kappa shape index (κ3) is 3.10. The van der Waals surface area contributed by atoms with Gasteiger partial charge in [0.1, 0.15) is 0 Å². The Morgan fingerprint density at radius 3 is 2.47 bits per heavy atom. The maximum absolute atomic E-state index is 6.12. The summed E-state index contributed by atoms with van der Waals surface area (Å²) in [6, 6.07) is 8.88. The summed E-state index contributed by atoms with van der Waals surface area (Å²) in [5.41, 5.74) is 8.69. The SMILES string of the molecule is C=CCC[C@H](N)c1ccc(N2CCCC2)cc1. The summed E-state index contributed by atoms with van der Waals surface area (Å²) < 4.78 is 0. The second-order valence-electron chi connectivity index (χ2n) is 4.76. The number of allylic oxidation sites excluding steroid dienone is 1. The lowest BCUT2D eigenvalue weighted by Gasteiger charge is -2.19. The minimum atomic E-state index is 0.139. The molecular weight excluding hydrogens is 208 g/mol. The third-order valence-electron chi connectivity index (χ3n) is 3.47. The number of benzene rings is 1. The molecule has 1 aliphatic rings. The average molecular weight is 230 g/mol. The van der Waals surface area contributed by atoms with Gasteiger partial charge in [-0.1, -0.05) is 18.2 Å². The van der Waals surface area contributed by atoms with Crippen molar-refractivity contribution >= 4 is 5.69 Å². The van der Waals surface area contributed by atoms with Crippen LogP contribution < -0.4 is 10.6 Å². The van der Waals surface area contributed by atoms with E-state index in [-0.39, 0.29) is 6.04 Å². The first-order chi connectivity index (χ1) is 8.31. The number of anilines is 1. The van der Waals surface area contributed by atoms with Gasteiger partial charge in [0, 0.05) is 24.8 Å². The van der Waals surface area contributed by atoms with E-state index < -0.39 is 0 Å². The highest BCUT2D eigenvalue weighted by atomic mass is 15.1. The fourth-order valence-corrected chi connectivity index (χ4v) is 2.37. The summed E-state index contributed by atoms with van der Waals surface area (Å²) in [6.07, 6.45) is 6.53. The van der Waals surface area contributed by atoms with Crippen LogP contribution in [0.2, 0.25) is 0 Å². The van der Waals surface area contributed by atoms with Gasteiger partial charge in [-0.3, -0.25) is 0 Å². The summed E-state index contributed by atoms with van der Waals surface area (Å²) in [4.78, 5) is 2.44. The molecule has 0 aromatic heterocycles. The Morgan fingerprint density at radius 2 is 1.88 bits per heavy atom. The van der Waals surface area contributed by atoms with Gasteiger partial charge in [0.05, 0.1) is 0 Å². The number of hydrogen-bond donors (Lipinski definition) is 1. The van der Waals surface area contributed by atoms with Gasteiger partial charge in [-0.15, -0.1) is 6.58 Å². The van der Waals surface area contributed by atoms with Crippen LogP contribution in [0.3, 0.4) is 0 Å². The number of rotatable bonds is 5. The van der Waals surface area contributed by atoms with Gasteiger partial charge in [0.15, 0.2) is 0 Å². The van der Waals surface area contributed by atoms with E-state index in [4.69, 9.17) is 5.73 Å². The van der Waals surface area contributed by atoms with Gasteiger partial charge in [-0.2, -0.15) is 0 Å². The maximum Gasteiger partial charge on any atom is 0.0366 e. The molecule has 0 bridgehead atoms. The first kappa shape index (κ1) is 12.2. The largest absolute Gasteiger partial charge is 0.372 e. The van der Waals surface area contributed by atoms with Gasteiger partial charge in [-0.25, -0.2) is 0 Å². The molecule has 1 aromatic carbocycles. The summed E-state index contributed by atoms with van der Waals surface area (Å²) in [7, 11) is 0. The van der Waals surface area contributed by atoms with E-state index >= 15 is 0 Å². The molecule has 1 fully saturated rings. The molecule has 0 spiro atoms. The Balaban J connectivity index is 1.99. The molecule has 2 rings (SSSR count). The lowest BCUT2D eigenvalue weighted by Crippen LogP contribution is -2.17. The van der Waals surface area contributed by atoms with Crippen molar-refractivity contribution in [2.45, 2.75) is 31.7 Å². The van der Waals surface area contributed by atoms with Crippen LogP contribution in [0.25, 0.3) is 0 Å². The summed E-state index contributed by atoms with van der Waals surface area (Å²) in [5.74, 6) is 0. The monoisotopic (exact) mass is 230 g/mol. The van der Waals surface area contributed by atoms with E-state index in [1.54, 1.807) is 0 Å². The summed E-state index contributed by atoms with van der Waals surface area (Å²) >= 11 is 0. The average Bonchev–Trinajstić information content (AvgIpc) is 2.90. The fraction of sp³-hybridized carbons (Fsp3) is 0.467. The molecule has 1 aliphatic heterocycles. The molecule has 2 N–H and O–H groups in total. The van der Waals surface area contributed by atoms with Crippen LogP contribution in [0.5, 0.6) is 0 Å². The molecule has 0 radical (unpaired) electrons. The number of nitrogens with two attached hydrogens (primary N) is 1. The number of hydrogen-bond acceptors (Lipinski definition) is 2. The van der Waals surface area contributed by atoms with E-state index in [1.165, 1.54) is 37.2 Å². The van der Waals surface area contributed by atoms with Crippen LogP contribution in [-0.4, -0.2) is 13.1 Å². The van der Waals surface area contributed by atoms with Crippen molar-refractivity contribution < 1.29 is 0 Å². The topological polar surface area (TPSA) is 29.3 Å². The van der Waals surface area contributed by atoms with E-state index in [9.17, 15) is 0 Å². The summed E-state index contributed by atoms with van der Waals surface area (Å²) in [5, 5.41) is 0. The summed E-state index contributed by atoms with van der Waals surface area (Å²) in [6.45, 7) is 6.12. The molecule has 1 heterocycles. The second-order valence-corrected chi connectivity index (χ2v) is 4.76. The molecule has 1 aromatic rings. The standard InChI is InChI=1S/C15H22N2/c1-2-3-6-15(16)13-7-9-14(10-8-13)17-11-4-5-12-17/h2,7-10,15H,1,3-6,11-12,16H2/t15-/m0/s1. The third-order valence-corrected chi connectivity index (χ3v) is 3.47. The minimum absolute atomic E-state index is 0.139. The predicted molar refractivity (Wildman–Crippen MR) is 74.2 cm³/mol. The zero-order valence-electron chi connectivity index (χ0n) is 10.4. The molecule has 1 atom stereocenters. The van der Waals surface area contributed by atoms with Crippen molar-refractivity contribution in [3.8, 4) is 0 Å². The molecule has 17 heavy (non-hydrogen) atoms. The van der Waals surface area contributed by atoms with Crippen LogP contribution in [0.1, 0.15) is 37.3 Å². The zero-order valence-corrected chi connectivity index (χ0v) is 10.4. The van der Waals surface area contributed by atoms with E-state index in [0.717, 1.165) is 12.8 Å². The molecule has 0 aliphatic carbocycles. The van der Waals surface area contributed by atoms with Crippen molar-refractivity contribution in [2.24, 2.45) is 5.73 Å². The lowest BCUT2D eigenvalue weighted by atomic mass is 10.0. The van der Waals surface area contributed by atoms with E-state index in [2.05, 4.69) is 35.7 Å². The molecule has 0 saturated carbocycles. The minimum Gasteiger partial charge on any atom is -0.372 e.